The van der Waals surface area contributed by atoms with Gasteiger partial charge in [0.2, 0.25) is 5.78 Å². The van der Waals surface area contributed by atoms with Gasteiger partial charge in [-0.05, 0) is 17.5 Å². The van der Waals surface area contributed by atoms with Crippen LogP contribution in [-0.2, 0) is 4.74 Å². The topological polar surface area (TPSA) is 62.3 Å². The molecule has 1 unspecified atom stereocenters. The molecule has 2 heterocycles. The summed E-state index contributed by atoms with van der Waals surface area (Å²) in [6.07, 6.45) is 0.731. The molecular weight excluding hydrogens is 274 g/mol. The number of ketones is 1. The van der Waals surface area contributed by atoms with E-state index in [0.717, 1.165) is 10.9 Å². The number of aliphatic hydroxyl groups is 1. The van der Waals surface area contributed by atoms with Crippen molar-refractivity contribution in [1.82, 2.24) is 4.98 Å². The summed E-state index contributed by atoms with van der Waals surface area (Å²) in [5.74, 6) is -0.0537. The van der Waals surface area contributed by atoms with Gasteiger partial charge in [0.25, 0.3) is 0 Å². The number of carbonyl (C=O) groups is 1. The van der Waals surface area contributed by atoms with Crippen molar-refractivity contribution in [2.75, 3.05) is 7.11 Å². The number of aromatic nitrogens is 1. The van der Waals surface area contributed by atoms with Crippen molar-refractivity contribution in [3.63, 3.8) is 0 Å². The first-order chi connectivity index (χ1) is 9.70. The number of rotatable bonds is 4. The highest BCUT2D eigenvalue weighted by Gasteiger charge is 2.17. The van der Waals surface area contributed by atoms with E-state index in [1.54, 1.807) is 17.6 Å². The van der Waals surface area contributed by atoms with E-state index in [-0.39, 0.29) is 5.78 Å². The molecule has 20 heavy (non-hydrogen) atoms. The van der Waals surface area contributed by atoms with Crippen molar-refractivity contribution in [2.45, 2.75) is 6.29 Å². The first kappa shape index (κ1) is 13.1. The zero-order valence-corrected chi connectivity index (χ0v) is 11.6. The molecule has 0 amide bonds. The Kier molecular flexibility index (Phi) is 3.40. The third-order valence-corrected chi connectivity index (χ3v) is 4.13. The van der Waals surface area contributed by atoms with Crippen LogP contribution in [0.2, 0.25) is 0 Å². The summed E-state index contributed by atoms with van der Waals surface area (Å²) >= 11 is 1.30. The number of carbonyl (C=O) groups excluding carboxylic acids is 1. The number of benzene rings is 1. The SMILES string of the molecule is COC(O)c1csc(C(=O)c2c[nH]c3ccccc23)c1. The molecule has 2 N–H and O–H groups in total. The van der Waals surface area contributed by atoms with Gasteiger partial charge >= 0.3 is 0 Å². The van der Waals surface area contributed by atoms with Crippen LogP contribution < -0.4 is 0 Å². The number of ether oxygens (including phenoxy) is 1. The molecule has 3 aromatic rings. The van der Waals surface area contributed by atoms with Gasteiger partial charge in [-0.15, -0.1) is 11.3 Å². The fourth-order valence-corrected chi connectivity index (χ4v) is 3.00. The largest absolute Gasteiger partial charge is 0.364 e. The number of hydrogen-bond acceptors (Lipinski definition) is 4. The van der Waals surface area contributed by atoms with Crippen molar-refractivity contribution in [1.29, 1.82) is 0 Å². The molecule has 4 nitrogen and oxygen atoms in total. The summed E-state index contributed by atoms with van der Waals surface area (Å²) in [6, 6.07) is 9.34. The zero-order chi connectivity index (χ0) is 14.1. The Morgan fingerprint density at radius 2 is 2.20 bits per heavy atom. The number of nitrogens with one attached hydrogen (secondary N) is 1. The molecule has 0 aliphatic carbocycles. The number of fused-ring (bicyclic) bond motifs is 1. The van der Waals surface area contributed by atoms with Crippen molar-refractivity contribution in [2.24, 2.45) is 0 Å². The molecule has 0 aliphatic heterocycles. The highest BCUT2D eigenvalue weighted by atomic mass is 32.1. The van der Waals surface area contributed by atoms with Gasteiger partial charge < -0.3 is 14.8 Å². The van der Waals surface area contributed by atoms with Gasteiger partial charge in [-0.25, -0.2) is 0 Å². The number of hydrogen-bond donors (Lipinski definition) is 2. The van der Waals surface area contributed by atoms with E-state index in [4.69, 9.17) is 4.74 Å². The van der Waals surface area contributed by atoms with E-state index in [0.29, 0.717) is 16.0 Å². The molecule has 5 heteroatoms. The maximum Gasteiger partial charge on any atom is 0.205 e. The number of methoxy groups -OCH3 is 1. The first-order valence-corrected chi connectivity index (χ1v) is 6.99. The summed E-state index contributed by atoms with van der Waals surface area (Å²) in [7, 11) is 1.42. The summed E-state index contributed by atoms with van der Waals surface area (Å²) in [4.78, 5) is 16.2. The summed E-state index contributed by atoms with van der Waals surface area (Å²) in [5.41, 5.74) is 2.17. The Morgan fingerprint density at radius 3 is 3.00 bits per heavy atom. The van der Waals surface area contributed by atoms with Crippen LogP contribution in [-0.4, -0.2) is 23.0 Å². The van der Waals surface area contributed by atoms with Gasteiger partial charge in [0, 0.05) is 35.3 Å². The average molecular weight is 287 g/mol. The predicted octanol–water partition coefficient (Wildman–Crippen LogP) is 3.10. The van der Waals surface area contributed by atoms with Crippen molar-refractivity contribution in [3.8, 4) is 0 Å². The van der Waals surface area contributed by atoms with E-state index in [2.05, 4.69) is 4.98 Å². The second-order valence-corrected chi connectivity index (χ2v) is 5.32. The molecule has 1 atom stereocenters. The first-order valence-electron chi connectivity index (χ1n) is 6.11. The number of aromatic amines is 1. The van der Waals surface area contributed by atoms with Crippen LogP contribution in [0.5, 0.6) is 0 Å². The normalized spacial score (nSPS) is 12.7. The highest BCUT2D eigenvalue weighted by molar-refractivity contribution is 7.12. The number of H-pyrrole nitrogens is 1. The lowest BCUT2D eigenvalue weighted by atomic mass is 10.1. The molecule has 0 saturated heterocycles. The molecule has 0 radical (unpaired) electrons. The quantitative estimate of drug-likeness (QED) is 0.572. The number of para-hydroxylation sites is 1. The summed E-state index contributed by atoms with van der Waals surface area (Å²) in [6.45, 7) is 0. The lowest BCUT2D eigenvalue weighted by molar-refractivity contribution is -0.0766. The molecule has 102 valence electrons. The summed E-state index contributed by atoms with van der Waals surface area (Å²) < 4.78 is 4.83. The van der Waals surface area contributed by atoms with Gasteiger partial charge in [0.05, 0.1) is 4.88 Å². The van der Waals surface area contributed by atoms with Gasteiger partial charge in [0.15, 0.2) is 6.29 Å². The molecule has 2 aromatic heterocycles. The van der Waals surface area contributed by atoms with Crippen molar-refractivity contribution < 1.29 is 14.6 Å². The number of aliphatic hydroxyl groups excluding tert-OH is 1. The Labute approximate surface area is 119 Å². The van der Waals surface area contributed by atoms with Crippen LogP contribution in [0.1, 0.15) is 27.1 Å². The van der Waals surface area contributed by atoms with E-state index in [9.17, 15) is 9.90 Å². The molecule has 0 saturated carbocycles. The summed E-state index contributed by atoms with van der Waals surface area (Å²) in [5, 5.41) is 12.2. The van der Waals surface area contributed by atoms with Gasteiger partial charge in [-0.1, -0.05) is 18.2 Å². The van der Waals surface area contributed by atoms with E-state index < -0.39 is 6.29 Å². The van der Waals surface area contributed by atoms with Crippen LogP contribution in [0.3, 0.4) is 0 Å². The van der Waals surface area contributed by atoms with E-state index >= 15 is 0 Å². The smallest absolute Gasteiger partial charge is 0.205 e. The predicted molar refractivity (Wildman–Crippen MR) is 78.0 cm³/mol. The van der Waals surface area contributed by atoms with Gasteiger partial charge in [-0.3, -0.25) is 4.79 Å². The van der Waals surface area contributed by atoms with Crippen LogP contribution in [0.15, 0.2) is 41.9 Å². The fraction of sp³-hybridized carbons (Fsp3) is 0.133. The standard InChI is InChI=1S/C15H13NO3S/c1-19-15(18)9-6-13(20-8-9)14(17)11-7-16-12-5-3-2-4-10(11)12/h2-8,15-16,18H,1H3. The Balaban J connectivity index is 1.98. The minimum absolute atomic E-state index is 0.0537. The Morgan fingerprint density at radius 1 is 1.40 bits per heavy atom. The van der Waals surface area contributed by atoms with Crippen LogP contribution in [0, 0.1) is 0 Å². The molecule has 0 fully saturated rings. The second-order valence-electron chi connectivity index (χ2n) is 4.41. The lowest BCUT2D eigenvalue weighted by Gasteiger charge is -2.04. The molecule has 3 rings (SSSR count). The van der Waals surface area contributed by atoms with Gasteiger partial charge in [-0.2, -0.15) is 0 Å². The second kappa shape index (κ2) is 5.20. The monoisotopic (exact) mass is 287 g/mol. The average Bonchev–Trinajstić information content (AvgIpc) is 3.12. The van der Waals surface area contributed by atoms with Crippen LogP contribution in [0.4, 0.5) is 0 Å². The van der Waals surface area contributed by atoms with Crippen LogP contribution in [0.25, 0.3) is 10.9 Å². The molecular formula is C15H13NO3S. The molecule has 0 aliphatic rings. The number of thiophene rings is 1. The zero-order valence-electron chi connectivity index (χ0n) is 10.8. The fourth-order valence-electron chi connectivity index (χ4n) is 2.13. The minimum Gasteiger partial charge on any atom is -0.364 e. The van der Waals surface area contributed by atoms with Crippen molar-refractivity contribution in [3.05, 3.63) is 57.9 Å². The van der Waals surface area contributed by atoms with E-state index in [1.807, 2.05) is 24.3 Å². The van der Waals surface area contributed by atoms with Crippen molar-refractivity contribution >= 4 is 28.0 Å². The Hall–Kier alpha value is -1.95. The van der Waals surface area contributed by atoms with Gasteiger partial charge in [0.1, 0.15) is 0 Å². The van der Waals surface area contributed by atoms with E-state index in [1.165, 1.54) is 18.4 Å². The maximum absolute atomic E-state index is 12.5. The molecule has 0 spiro atoms. The third-order valence-electron chi connectivity index (χ3n) is 3.19. The Bertz CT molecular complexity index is 759. The molecule has 0 bridgehead atoms. The maximum atomic E-state index is 12.5. The highest BCUT2D eigenvalue weighted by Crippen LogP contribution is 2.26. The third kappa shape index (κ3) is 2.16. The molecule has 1 aromatic carbocycles. The lowest BCUT2D eigenvalue weighted by Crippen LogP contribution is -1.99. The van der Waals surface area contributed by atoms with Crippen LogP contribution >= 0.6 is 11.3 Å². The minimum atomic E-state index is -0.990.